The first kappa shape index (κ1) is 12.1. The van der Waals surface area contributed by atoms with E-state index in [2.05, 4.69) is 22.2 Å². The molecule has 1 aromatic rings. The van der Waals surface area contributed by atoms with Crippen molar-refractivity contribution in [3.63, 3.8) is 0 Å². The number of rotatable bonds is 3. The van der Waals surface area contributed by atoms with E-state index < -0.39 is 5.97 Å². The van der Waals surface area contributed by atoms with E-state index in [4.69, 9.17) is 16.7 Å². The minimum Gasteiger partial charge on any atom is -0.476 e. The van der Waals surface area contributed by atoms with Gasteiger partial charge in [0.2, 0.25) is 0 Å². The van der Waals surface area contributed by atoms with E-state index in [0.29, 0.717) is 11.9 Å². The summed E-state index contributed by atoms with van der Waals surface area (Å²) in [4.78, 5) is 17.1. The predicted octanol–water partition coefficient (Wildman–Crippen LogP) is 1.55. The van der Waals surface area contributed by atoms with Gasteiger partial charge in [0.1, 0.15) is 5.82 Å². The Kier molecular flexibility index (Phi) is 3.49. The molecule has 0 saturated carbocycles. The largest absolute Gasteiger partial charge is 0.476 e. The van der Waals surface area contributed by atoms with Crippen molar-refractivity contribution in [1.29, 1.82) is 0 Å². The van der Waals surface area contributed by atoms with Crippen LogP contribution in [0.25, 0.3) is 0 Å². The number of aromatic nitrogens is 1. The van der Waals surface area contributed by atoms with Crippen LogP contribution in [0.3, 0.4) is 0 Å². The first-order valence-corrected chi connectivity index (χ1v) is 5.79. The van der Waals surface area contributed by atoms with Crippen LogP contribution in [0.5, 0.6) is 0 Å². The lowest BCUT2D eigenvalue weighted by Gasteiger charge is -2.13. The molecule has 0 aliphatic carbocycles. The molecular weight excluding hydrogens is 242 g/mol. The molecule has 1 aliphatic rings. The lowest BCUT2D eigenvalue weighted by molar-refractivity contribution is 0.0691. The van der Waals surface area contributed by atoms with E-state index in [1.165, 1.54) is 0 Å². The van der Waals surface area contributed by atoms with E-state index in [-0.39, 0.29) is 10.7 Å². The molecule has 0 amide bonds. The van der Waals surface area contributed by atoms with Gasteiger partial charge in [0.15, 0.2) is 5.69 Å². The van der Waals surface area contributed by atoms with Gasteiger partial charge >= 0.3 is 5.97 Å². The van der Waals surface area contributed by atoms with Crippen molar-refractivity contribution in [2.45, 2.75) is 12.5 Å². The summed E-state index contributed by atoms with van der Waals surface area (Å²) in [7, 11) is 2.06. The zero-order valence-corrected chi connectivity index (χ0v) is 10.2. The van der Waals surface area contributed by atoms with Crippen molar-refractivity contribution < 1.29 is 9.90 Å². The molecule has 0 aromatic carbocycles. The third-order valence-electron chi connectivity index (χ3n) is 2.79. The smallest absolute Gasteiger partial charge is 0.356 e. The number of pyridine rings is 1. The third-order valence-corrected chi connectivity index (χ3v) is 3.10. The molecule has 1 aromatic heterocycles. The molecule has 2 rings (SSSR count). The van der Waals surface area contributed by atoms with Crippen LogP contribution in [0, 0.1) is 0 Å². The Hall–Kier alpha value is -1.33. The third kappa shape index (κ3) is 2.87. The van der Waals surface area contributed by atoms with Crippen LogP contribution in [0.2, 0.25) is 5.02 Å². The topological polar surface area (TPSA) is 65.5 Å². The Labute approximate surface area is 104 Å². The van der Waals surface area contributed by atoms with Crippen molar-refractivity contribution in [2.24, 2.45) is 0 Å². The molecule has 2 N–H and O–H groups in total. The number of carboxylic acid groups (broad SMARTS) is 1. The number of halogens is 1. The van der Waals surface area contributed by atoms with E-state index >= 15 is 0 Å². The Morgan fingerprint density at radius 2 is 2.41 bits per heavy atom. The Morgan fingerprint density at radius 1 is 1.65 bits per heavy atom. The highest BCUT2D eigenvalue weighted by Crippen LogP contribution is 2.18. The number of hydrogen-bond donors (Lipinski definition) is 2. The van der Waals surface area contributed by atoms with Gasteiger partial charge in [0, 0.05) is 12.6 Å². The normalized spacial score (nSPS) is 20.5. The SMILES string of the molecule is CN1CCC(Nc2ccc(Cl)c(C(=O)O)n2)C1. The van der Waals surface area contributed by atoms with E-state index in [1.54, 1.807) is 12.1 Å². The monoisotopic (exact) mass is 255 g/mol. The summed E-state index contributed by atoms with van der Waals surface area (Å²) in [5.41, 5.74) is -0.108. The summed E-state index contributed by atoms with van der Waals surface area (Å²) in [5, 5.41) is 12.3. The predicted molar refractivity (Wildman–Crippen MR) is 65.7 cm³/mol. The lowest BCUT2D eigenvalue weighted by atomic mass is 10.2. The summed E-state index contributed by atoms with van der Waals surface area (Å²) < 4.78 is 0. The van der Waals surface area contributed by atoms with Crippen LogP contribution in [0.15, 0.2) is 12.1 Å². The van der Waals surface area contributed by atoms with Gasteiger partial charge in [-0.3, -0.25) is 0 Å². The van der Waals surface area contributed by atoms with Gasteiger partial charge in [-0.05, 0) is 32.1 Å². The van der Waals surface area contributed by atoms with Gasteiger partial charge in [0.05, 0.1) is 5.02 Å². The number of nitrogens with zero attached hydrogens (tertiary/aromatic N) is 2. The molecule has 5 nitrogen and oxygen atoms in total. The van der Waals surface area contributed by atoms with Gasteiger partial charge in [0.25, 0.3) is 0 Å². The van der Waals surface area contributed by atoms with Crippen molar-refractivity contribution >= 4 is 23.4 Å². The second-order valence-corrected chi connectivity index (χ2v) is 4.63. The van der Waals surface area contributed by atoms with Crippen LogP contribution >= 0.6 is 11.6 Å². The zero-order valence-electron chi connectivity index (χ0n) is 9.48. The molecule has 6 heteroatoms. The first-order valence-electron chi connectivity index (χ1n) is 5.41. The Morgan fingerprint density at radius 3 is 3.00 bits per heavy atom. The Balaban J connectivity index is 2.11. The molecule has 1 unspecified atom stereocenters. The lowest BCUT2D eigenvalue weighted by Crippen LogP contribution is -2.24. The van der Waals surface area contributed by atoms with Crippen LogP contribution in [0.1, 0.15) is 16.9 Å². The summed E-state index contributed by atoms with van der Waals surface area (Å²) in [6.45, 7) is 1.98. The van der Waals surface area contributed by atoms with E-state index in [9.17, 15) is 4.79 Å². The van der Waals surface area contributed by atoms with Crippen LogP contribution in [-0.4, -0.2) is 47.1 Å². The highest BCUT2D eigenvalue weighted by molar-refractivity contribution is 6.33. The van der Waals surface area contributed by atoms with Crippen LogP contribution in [0.4, 0.5) is 5.82 Å². The van der Waals surface area contributed by atoms with Gasteiger partial charge in [-0.15, -0.1) is 0 Å². The highest BCUT2D eigenvalue weighted by atomic mass is 35.5. The summed E-state index contributed by atoms with van der Waals surface area (Å²) in [6.07, 6.45) is 1.03. The van der Waals surface area contributed by atoms with Gasteiger partial charge in [-0.1, -0.05) is 11.6 Å². The van der Waals surface area contributed by atoms with Gasteiger partial charge < -0.3 is 15.3 Å². The quantitative estimate of drug-likeness (QED) is 0.858. The second-order valence-electron chi connectivity index (χ2n) is 4.22. The van der Waals surface area contributed by atoms with Crippen LogP contribution < -0.4 is 5.32 Å². The maximum atomic E-state index is 10.9. The number of carboxylic acids is 1. The fourth-order valence-electron chi connectivity index (χ4n) is 1.93. The molecule has 1 saturated heterocycles. The molecular formula is C11H14ClN3O2. The number of carbonyl (C=O) groups is 1. The number of likely N-dealkylation sites (tertiary alicyclic amines) is 1. The Bertz CT molecular complexity index is 439. The number of likely N-dealkylation sites (N-methyl/N-ethyl adjacent to an activating group) is 1. The summed E-state index contributed by atoms with van der Waals surface area (Å²) >= 11 is 5.75. The van der Waals surface area contributed by atoms with Gasteiger partial charge in [-0.2, -0.15) is 0 Å². The molecule has 92 valence electrons. The van der Waals surface area contributed by atoms with Gasteiger partial charge in [-0.25, -0.2) is 9.78 Å². The molecule has 1 atom stereocenters. The average Bonchev–Trinajstić information content (AvgIpc) is 2.66. The van der Waals surface area contributed by atoms with Crippen molar-refractivity contribution in [3.8, 4) is 0 Å². The summed E-state index contributed by atoms with van der Waals surface area (Å²) in [5.74, 6) is -0.547. The molecule has 0 bridgehead atoms. The molecule has 2 heterocycles. The molecule has 0 radical (unpaired) electrons. The second kappa shape index (κ2) is 4.89. The number of nitrogens with one attached hydrogen (secondary N) is 1. The van der Waals surface area contributed by atoms with Crippen molar-refractivity contribution in [3.05, 3.63) is 22.8 Å². The fraction of sp³-hybridized carbons (Fsp3) is 0.455. The molecule has 1 aliphatic heterocycles. The standard InChI is InChI=1S/C11H14ClN3O2/c1-15-5-4-7(6-15)13-9-3-2-8(12)10(14-9)11(16)17/h2-3,7H,4-6H2,1H3,(H,13,14)(H,16,17). The number of hydrogen-bond acceptors (Lipinski definition) is 4. The van der Waals surface area contributed by atoms with E-state index in [1.807, 2.05) is 0 Å². The fourth-order valence-corrected chi connectivity index (χ4v) is 2.12. The maximum Gasteiger partial charge on any atom is 0.356 e. The number of aromatic carboxylic acids is 1. The maximum absolute atomic E-state index is 10.9. The highest BCUT2D eigenvalue weighted by Gasteiger charge is 2.20. The van der Waals surface area contributed by atoms with E-state index in [0.717, 1.165) is 19.5 Å². The molecule has 0 spiro atoms. The minimum absolute atomic E-state index is 0.108. The van der Waals surface area contributed by atoms with Crippen LogP contribution in [-0.2, 0) is 0 Å². The minimum atomic E-state index is -1.11. The zero-order chi connectivity index (χ0) is 12.4. The molecule has 1 fully saturated rings. The average molecular weight is 256 g/mol. The van der Waals surface area contributed by atoms with Crippen molar-refractivity contribution in [2.75, 3.05) is 25.5 Å². The van der Waals surface area contributed by atoms with Crippen molar-refractivity contribution in [1.82, 2.24) is 9.88 Å². The number of anilines is 1. The molecule has 17 heavy (non-hydrogen) atoms. The summed E-state index contributed by atoms with van der Waals surface area (Å²) in [6, 6.07) is 3.57. The first-order chi connectivity index (χ1) is 8.06.